The molecule has 1 unspecified atom stereocenters. The third kappa shape index (κ3) is 3.20. The fourth-order valence-corrected chi connectivity index (χ4v) is 3.09. The van der Waals surface area contributed by atoms with Crippen LogP contribution in [0.25, 0.3) is 0 Å². The molecule has 3 nitrogen and oxygen atoms in total. The first kappa shape index (κ1) is 14.6. The minimum absolute atomic E-state index is 0.166. The average Bonchev–Trinajstić information content (AvgIpc) is 2.93. The lowest BCUT2D eigenvalue weighted by molar-refractivity contribution is 0.0698. The Morgan fingerprint density at radius 2 is 2.15 bits per heavy atom. The molecule has 0 aliphatic rings. The fraction of sp³-hybridized carbons (Fsp3) is 0.312. The van der Waals surface area contributed by atoms with Crippen molar-refractivity contribution in [2.24, 2.45) is 0 Å². The van der Waals surface area contributed by atoms with E-state index in [0.717, 1.165) is 24.1 Å². The summed E-state index contributed by atoms with van der Waals surface area (Å²) in [4.78, 5) is 12.6. The maximum Gasteiger partial charge on any atom is 0.337 e. The van der Waals surface area contributed by atoms with E-state index in [2.05, 4.69) is 23.7 Å². The number of aryl methyl sites for hydroxylation is 1. The highest BCUT2D eigenvalue weighted by Crippen LogP contribution is 2.30. The number of hydrogen-bond donors (Lipinski definition) is 2. The van der Waals surface area contributed by atoms with Gasteiger partial charge < -0.3 is 10.4 Å². The second-order valence-electron chi connectivity index (χ2n) is 4.80. The molecule has 0 spiro atoms. The predicted molar refractivity (Wildman–Crippen MR) is 83.7 cm³/mol. The van der Waals surface area contributed by atoms with Crippen LogP contribution in [0.1, 0.15) is 46.6 Å². The Bertz CT molecular complexity index is 578. The lowest BCUT2D eigenvalue weighted by Gasteiger charge is -2.21. The normalized spacial score (nSPS) is 12.1. The van der Waals surface area contributed by atoms with Crippen molar-refractivity contribution in [1.29, 1.82) is 0 Å². The summed E-state index contributed by atoms with van der Waals surface area (Å²) in [7, 11) is 0. The van der Waals surface area contributed by atoms with Crippen LogP contribution in [0.4, 0.5) is 5.69 Å². The summed E-state index contributed by atoms with van der Waals surface area (Å²) in [6, 6.07) is 9.65. The first-order valence-corrected chi connectivity index (χ1v) is 7.64. The molecular weight excluding hydrogens is 270 g/mol. The van der Waals surface area contributed by atoms with Gasteiger partial charge in [0.1, 0.15) is 0 Å². The highest BCUT2D eigenvalue weighted by molar-refractivity contribution is 7.10. The third-order valence-electron chi connectivity index (χ3n) is 3.29. The minimum atomic E-state index is -0.891. The Hall–Kier alpha value is -1.81. The molecule has 0 aliphatic carbocycles. The monoisotopic (exact) mass is 289 g/mol. The summed E-state index contributed by atoms with van der Waals surface area (Å²) in [5.41, 5.74) is 2.03. The Kier molecular flexibility index (Phi) is 4.79. The topological polar surface area (TPSA) is 49.3 Å². The number of thiophene rings is 1. The Morgan fingerprint density at radius 3 is 2.75 bits per heavy atom. The van der Waals surface area contributed by atoms with E-state index in [1.54, 1.807) is 23.5 Å². The van der Waals surface area contributed by atoms with Crippen LogP contribution in [-0.4, -0.2) is 11.1 Å². The van der Waals surface area contributed by atoms with E-state index in [0.29, 0.717) is 5.56 Å². The SMILES string of the molecule is CCCC(Nc1c(C)cccc1C(=O)O)c1cccs1. The standard InChI is InChI=1S/C16H19NO2S/c1-3-6-13(14-9-5-10-20-14)17-15-11(2)7-4-8-12(15)16(18)19/h4-5,7-10,13,17H,3,6H2,1-2H3,(H,18,19). The number of benzene rings is 1. The number of nitrogens with one attached hydrogen (secondary N) is 1. The number of carboxylic acid groups (broad SMARTS) is 1. The molecule has 0 amide bonds. The lowest BCUT2D eigenvalue weighted by atomic mass is 10.0. The van der Waals surface area contributed by atoms with Gasteiger partial charge in [-0.1, -0.05) is 31.5 Å². The maximum atomic E-state index is 11.4. The van der Waals surface area contributed by atoms with E-state index in [4.69, 9.17) is 0 Å². The van der Waals surface area contributed by atoms with Gasteiger partial charge in [-0.3, -0.25) is 0 Å². The number of para-hydroxylation sites is 1. The smallest absolute Gasteiger partial charge is 0.337 e. The zero-order chi connectivity index (χ0) is 14.5. The summed E-state index contributed by atoms with van der Waals surface area (Å²) in [5.74, 6) is -0.891. The van der Waals surface area contributed by atoms with Crippen molar-refractivity contribution in [2.45, 2.75) is 32.7 Å². The highest BCUT2D eigenvalue weighted by atomic mass is 32.1. The quantitative estimate of drug-likeness (QED) is 0.809. The second kappa shape index (κ2) is 6.57. The molecule has 0 fully saturated rings. The molecule has 0 aliphatic heterocycles. The summed E-state index contributed by atoms with van der Waals surface area (Å²) in [6.45, 7) is 4.07. The molecule has 0 saturated carbocycles. The number of aromatic carboxylic acids is 1. The van der Waals surface area contributed by atoms with Gasteiger partial charge in [-0.05, 0) is 36.4 Å². The highest BCUT2D eigenvalue weighted by Gasteiger charge is 2.17. The zero-order valence-corrected chi connectivity index (χ0v) is 12.5. The predicted octanol–water partition coefficient (Wildman–Crippen LogP) is 4.71. The van der Waals surface area contributed by atoms with E-state index >= 15 is 0 Å². The molecular formula is C16H19NO2S. The first-order chi connectivity index (χ1) is 9.63. The molecule has 1 aromatic heterocycles. The van der Waals surface area contributed by atoms with Crippen molar-refractivity contribution in [3.63, 3.8) is 0 Å². The molecule has 0 bridgehead atoms. The molecule has 2 rings (SSSR count). The molecule has 1 heterocycles. The summed E-state index contributed by atoms with van der Waals surface area (Å²) in [5, 5.41) is 14.8. The molecule has 1 atom stereocenters. The van der Waals surface area contributed by atoms with E-state index in [-0.39, 0.29) is 6.04 Å². The van der Waals surface area contributed by atoms with Gasteiger partial charge in [-0.2, -0.15) is 0 Å². The summed E-state index contributed by atoms with van der Waals surface area (Å²) < 4.78 is 0. The van der Waals surface area contributed by atoms with Crippen LogP contribution >= 0.6 is 11.3 Å². The first-order valence-electron chi connectivity index (χ1n) is 6.76. The summed E-state index contributed by atoms with van der Waals surface area (Å²) in [6.07, 6.45) is 2.03. The summed E-state index contributed by atoms with van der Waals surface area (Å²) >= 11 is 1.70. The number of carbonyl (C=O) groups is 1. The maximum absolute atomic E-state index is 11.4. The van der Waals surface area contributed by atoms with Gasteiger partial charge in [0, 0.05) is 4.88 Å². The van der Waals surface area contributed by atoms with E-state index < -0.39 is 5.97 Å². The van der Waals surface area contributed by atoms with Crippen LogP contribution < -0.4 is 5.32 Å². The van der Waals surface area contributed by atoms with Gasteiger partial charge in [0.05, 0.1) is 17.3 Å². The minimum Gasteiger partial charge on any atom is -0.478 e. The van der Waals surface area contributed by atoms with Crippen LogP contribution in [0.15, 0.2) is 35.7 Å². The molecule has 20 heavy (non-hydrogen) atoms. The van der Waals surface area contributed by atoms with E-state index in [1.807, 2.05) is 19.1 Å². The van der Waals surface area contributed by atoms with Gasteiger partial charge in [0.15, 0.2) is 0 Å². The van der Waals surface area contributed by atoms with Gasteiger partial charge in [0.2, 0.25) is 0 Å². The van der Waals surface area contributed by atoms with Crippen LogP contribution in [0, 0.1) is 6.92 Å². The molecule has 0 radical (unpaired) electrons. The van der Waals surface area contributed by atoms with E-state index in [1.165, 1.54) is 4.88 Å². The van der Waals surface area contributed by atoms with Crippen molar-refractivity contribution in [3.8, 4) is 0 Å². The number of hydrogen-bond acceptors (Lipinski definition) is 3. The van der Waals surface area contributed by atoms with Crippen molar-refractivity contribution in [1.82, 2.24) is 0 Å². The van der Waals surface area contributed by atoms with Crippen molar-refractivity contribution in [2.75, 3.05) is 5.32 Å². The van der Waals surface area contributed by atoms with Gasteiger partial charge in [-0.25, -0.2) is 4.79 Å². The van der Waals surface area contributed by atoms with Gasteiger partial charge >= 0.3 is 5.97 Å². The van der Waals surface area contributed by atoms with Crippen LogP contribution in [0.5, 0.6) is 0 Å². The Labute approximate surface area is 123 Å². The molecule has 0 saturated heterocycles. The van der Waals surface area contributed by atoms with Gasteiger partial charge in [0.25, 0.3) is 0 Å². The average molecular weight is 289 g/mol. The van der Waals surface area contributed by atoms with Crippen molar-refractivity contribution >= 4 is 23.0 Å². The second-order valence-corrected chi connectivity index (χ2v) is 5.78. The van der Waals surface area contributed by atoms with Crippen LogP contribution in [0.2, 0.25) is 0 Å². The third-order valence-corrected chi connectivity index (χ3v) is 4.27. The number of carboxylic acids is 1. The van der Waals surface area contributed by atoms with Crippen LogP contribution in [-0.2, 0) is 0 Å². The van der Waals surface area contributed by atoms with E-state index in [9.17, 15) is 9.90 Å². The molecule has 2 N–H and O–H groups in total. The number of anilines is 1. The van der Waals surface area contributed by atoms with Gasteiger partial charge in [-0.15, -0.1) is 11.3 Å². The molecule has 1 aromatic carbocycles. The van der Waals surface area contributed by atoms with Crippen molar-refractivity contribution < 1.29 is 9.90 Å². The lowest BCUT2D eigenvalue weighted by Crippen LogP contribution is -2.13. The fourth-order valence-electron chi connectivity index (χ4n) is 2.28. The Balaban J connectivity index is 2.34. The zero-order valence-electron chi connectivity index (χ0n) is 11.7. The van der Waals surface area contributed by atoms with Crippen LogP contribution in [0.3, 0.4) is 0 Å². The molecule has 2 aromatic rings. The molecule has 4 heteroatoms. The largest absolute Gasteiger partial charge is 0.478 e. The van der Waals surface area contributed by atoms with Crippen molar-refractivity contribution in [3.05, 3.63) is 51.7 Å². The number of rotatable bonds is 6. The Morgan fingerprint density at radius 1 is 1.35 bits per heavy atom. The molecule has 106 valence electrons.